The van der Waals surface area contributed by atoms with Crippen LogP contribution in [0.4, 0.5) is 4.39 Å². The van der Waals surface area contributed by atoms with Crippen molar-refractivity contribution < 1.29 is 19.1 Å². The predicted molar refractivity (Wildman–Crippen MR) is 131 cm³/mol. The molecule has 1 aliphatic heterocycles. The second-order valence-corrected chi connectivity index (χ2v) is 7.35. The third-order valence-corrected chi connectivity index (χ3v) is 4.97. The van der Waals surface area contributed by atoms with Gasteiger partial charge in [-0.25, -0.2) is 4.39 Å². The lowest BCUT2D eigenvalue weighted by Gasteiger charge is -2.22. The van der Waals surface area contributed by atoms with Crippen LogP contribution in [0.15, 0.2) is 77.3 Å². The molecular weight excluding hydrogens is 421 g/mol. The standard InChI is InChI=1S/C17H25N3O3.C7H5F.C2H6/c1-13(21)20-10-6-5-7-14(12-20)11-19-17(23-18)16(22)15-8-3-2-4-9-15;8-7-5-3-1-2-4-6-7;1-2/h2-4,8-9,14,16,22H,5-7,10-12,18H2,1H3;1-3,5-6H;1-2H3/t14-,16+;;/m1../s1. The molecule has 3 rings (SSSR count). The van der Waals surface area contributed by atoms with Crippen LogP contribution in [-0.4, -0.2) is 41.4 Å². The molecular formula is C26H36FN3O3. The molecule has 0 bridgehead atoms. The van der Waals surface area contributed by atoms with Crippen LogP contribution in [0, 0.1) is 5.92 Å². The van der Waals surface area contributed by atoms with Gasteiger partial charge in [0.1, 0.15) is 5.83 Å². The van der Waals surface area contributed by atoms with Crippen molar-refractivity contribution in [3.63, 3.8) is 0 Å². The molecule has 1 heterocycles. The van der Waals surface area contributed by atoms with Crippen molar-refractivity contribution in [2.24, 2.45) is 16.8 Å². The zero-order valence-corrected chi connectivity index (χ0v) is 19.8. The maximum absolute atomic E-state index is 12.1. The second-order valence-electron chi connectivity index (χ2n) is 7.35. The fourth-order valence-electron chi connectivity index (χ4n) is 3.28. The highest BCUT2D eigenvalue weighted by atomic mass is 19.1. The van der Waals surface area contributed by atoms with Gasteiger partial charge in [0.05, 0.1) is 0 Å². The Morgan fingerprint density at radius 3 is 2.70 bits per heavy atom. The zero-order chi connectivity index (χ0) is 24.5. The van der Waals surface area contributed by atoms with E-state index in [1.807, 2.05) is 36.9 Å². The number of allylic oxidation sites excluding steroid dienone is 5. The Kier molecular flexibility index (Phi) is 14.1. The normalized spacial score (nSPS) is 18.5. The Morgan fingerprint density at radius 1 is 1.30 bits per heavy atom. The van der Waals surface area contributed by atoms with E-state index in [1.54, 1.807) is 37.3 Å². The van der Waals surface area contributed by atoms with Crippen LogP contribution in [0.3, 0.4) is 0 Å². The molecule has 7 heteroatoms. The first kappa shape index (κ1) is 28.0. The van der Waals surface area contributed by atoms with Crippen molar-refractivity contribution in [3.05, 3.63) is 77.8 Å². The Bertz CT molecular complexity index is 859. The number of amides is 1. The first-order valence-electron chi connectivity index (χ1n) is 11.4. The summed E-state index contributed by atoms with van der Waals surface area (Å²) in [4.78, 5) is 22.6. The molecule has 180 valence electrons. The first-order valence-corrected chi connectivity index (χ1v) is 11.4. The molecule has 3 N–H and O–H groups in total. The van der Waals surface area contributed by atoms with Crippen molar-refractivity contribution in [2.75, 3.05) is 19.6 Å². The van der Waals surface area contributed by atoms with Crippen molar-refractivity contribution >= 4 is 11.8 Å². The molecule has 1 aromatic rings. The number of hydrogen-bond acceptors (Lipinski definition) is 5. The Labute approximate surface area is 196 Å². The van der Waals surface area contributed by atoms with Gasteiger partial charge in [-0.15, -0.1) is 5.73 Å². The molecule has 33 heavy (non-hydrogen) atoms. The lowest BCUT2D eigenvalue weighted by molar-refractivity contribution is -0.129. The molecule has 1 aliphatic carbocycles. The van der Waals surface area contributed by atoms with E-state index in [9.17, 15) is 14.3 Å². The quantitative estimate of drug-likeness (QED) is 0.294. The summed E-state index contributed by atoms with van der Waals surface area (Å²) in [5.74, 6) is 5.49. The number of carbonyl (C=O) groups excluding carboxylic acids is 1. The number of halogens is 1. The minimum Gasteiger partial charge on any atom is -0.393 e. The largest absolute Gasteiger partial charge is 0.393 e. The average Bonchev–Trinajstić information content (AvgIpc) is 3.24. The second kappa shape index (κ2) is 16.6. The molecule has 0 spiro atoms. The van der Waals surface area contributed by atoms with E-state index < -0.39 is 6.10 Å². The highest BCUT2D eigenvalue weighted by Gasteiger charge is 2.21. The van der Waals surface area contributed by atoms with Gasteiger partial charge in [0.2, 0.25) is 11.8 Å². The van der Waals surface area contributed by atoms with Crippen molar-refractivity contribution in [3.8, 4) is 0 Å². The number of benzene rings is 1. The smallest absolute Gasteiger partial charge is 0.242 e. The van der Waals surface area contributed by atoms with Gasteiger partial charge in [0.15, 0.2) is 6.10 Å². The molecule has 1 aromatic carbocycles. The van der Waals surface area contributed by atoms with Crippen molar-refractivity contribution in [2.45, 2.75) is 46.1 Å². The molecule has 0 unspecified atom stereocenters. The van der Waals surface area contributed by atoms with Gasteiger partial charge in [0, 0.05) is 32.6 Å². The minimum absolute atomic E-state index is 0.0977. The fourth-order valence-corrected chi connectivity index (χ4v) is 3.28. The van der Waals surface area contributed by atoms with Gasteiger partial charge in [-0.05, 0) is 36.5 Å². The van der Waals surface area contributed by atoms with E-state index in [2.05, 4.69) is 10.7 Å². The maximum Gasteiger partial charge on any atom is 0.242 e. The Balaban J connectivity index is 0.000000454. The number of nitrogens with two attached hydrogens (primary N) is 1. The molecule has 0 radical (unpaired) electrons. The molecule has 1 amide bonds. The number of aliphatic imine (C=N–C) groups is 1. The summed E-state index contributed by atoms with van der Waals surface area (Å²) in [6, 6.07) is 9.13. The third kappa shape index (κ3) is 10.9. The van der Waals surface area contributed by atoms with Gasteiger partial charge in [-0.1, -0.05) is 62.8 Å². The van der Waals surface area contributed by atoms with E-state index in [1.165, 1.54) is 12.2 Å². The number of nitrogens with zero attached hydrogens (tertiary/aromatic N) is 2. The predicted octanol–water partition coefficient (Wildman–Crippen LogP) is 4.80. The molecule has 2 aliphatic rings. The summed E-state index contributed by atoms with van der Waals surface area (Å²) >= 11 is 0. The number of rotatable bonds is 4. The van der Waals surface area contributed by atoms with Gasteiger partial charge in [-0.2, -0.15) is 5.90 Å². The maximum atomic E-state index is 12.1. The lowest BCUT2D eigenvalue weighted by atomic mass is 10.0. The van der Waals surface area contributed by atoms with Gasteiger partial charge in [0.25, 0.3) is 0 Å². The summed E-state index contributed by atoms with van der Waals surface area (Å²) in [6.45, 7) is 7.58. The van der Waals surface area contributed by atoms with Crippen LogP contribution < -0.4 is 5.90 Å². The molecule has 0 saturated carbocycles. The fraction of sp³-hybridized carbons (Fsp3) is 0.423. The van der Waals surface area contributed by atoms with Crippen LogP contribution in [0.5, 0.6) is 0 Å². The molecule has 2 atom stereocenters. The van der Waals surface area contributed by atoms with Crippen LogP contribution in [0.25, 0.3) is 0 Å². The van der Waals surface area contributed by atoms with E-state index in [4.69, 9.17) is 10.7 Å². The average molecular weight is 458 g/mol. The van der Waals surface area contributed by atoms with E-state index in [-0.39, 0.29) is 23.5 Å². The van der Waals surface area contributed by atoms with E-state index in [0.29, 0.717) is 18.7 Å². The number of aliphatic hydroxyl groups is 1. The number of hydrogen-bond donors (Lipinski definition) is 2. The SMILES string of the molecule is CC.CC(=O)N1CCCC[C@H](CN=C(ON)[C@@H](O)c2ccccc2)C1.FC1=CC=CC=C=C1. The van der Waals surface area contributed by atoms with E-state index >= 15 is 0 Å². The monoisotopic (exact) mass is 457 g/mol. The van der Waals surface area contributed by atoms with Gasteiger partial charge >= 0.3 is 0 Å². The summed E-state index contributed by atoms with van der Waals surface area (Å²) in [5.41, 5.74) is 3.30. The highest BCUT2D eigenvalue weighted by molar-refractivity contribution is 5.81. The number of likely N-dealkylation sites (tertiary alicyclic amines) is 1. The Morgan fingerprint density at radius 2 is 2.03 bits per heavy atom. The third-order valence-electron chi connectivity index (χ3n) is 4.97. The number of carbonyl (C=O) groups is 1. The molecule has 1 fully saturated rings. The van der Waals surface area contributed by atoms with Crippen molar-refractivity contribution in [1.82, 2.24) is 4.90 Å². The van der Waals surface area contributed by atoms with Gasteiger partial charge < -0.3 is 14.8 Å². The summed E-state index contributed by atoms with van der Waals surface area (Å²) in [5, 5.41) is 10.3. The molecule has 0 aromatic heterocycles. The summed E-state index contributed by atoms with van der Waals surface area (Å²) in [7, 11) is 0. The van der Waals surface area contributed by atoms with Gasteiger partial charge in [-0.3, -0.25) is 9.79 Å². The highest BCUT2D eigenvalue weighted by Crippen LogP contribution is 2.19. The van der Waals surface area contributed by atoms with E-state index in [0.717, 1.165) is 25.8 Å². The Hall–Kier alpha value is -2.99. The van der Waals surface area contributed by atoms with Crippen LogP contribution in [0.1, 0.15) is 51.7 Å². The molecule has 6 nitrogen and oxygen atoms in total. The number of aliphatic hydroxyl groups excluding tert-OH is 1. The zero-order valence-electron chi connectivity index (χ0n) is 19.8. The van der Waals surface area contributed by atoms with Crippen molar-refractivity contribution in [1.29, 1.82) is 0 Å². The lowest BCUT2D eigenvalue weighted by Crippen LogP contribution is -2.33. The first-order chi connectivity index (χ1) is 16.0. The minimum atomic E-state index is -0.976. The van der Waals surface area contributed by atoms with Crippen LogP contribution in [-0.2, 0) is 9.63 Å². The van der Waals surface area contributed by atoms with Crippen LogP contribution in [0.2, 0.25) is 0 Å². The summed E-state index contributed by atoms with van der Waals surface area (Å²) in [6.07, 6.45) is 9.81. The molecule has 1 saturated heterocycles. The topological polar surface area (TPSA) is 88.2 Å². The van der Waals surface area contributed by atoms with Crippen LogP contribution >= 0.6 is 0 Å². The summed E-state index contributed by atoms with van der Waals surface area (Å²) < 4.78 is 12.1.